The lowest BCUT2D eigenvalue weighted by atomic mass is 10.0. The summed E-state index contributed by atoms with van der Waals surface area (Å²) in [5, 5.41) is 12.1. The Hall–Kier alpha value is -2.13. The van der Waals surface area contributed by atoms with Crippen molar-refractivity contribution in [2.24, 2.45) is 0 Å². The second kappa shape index (κ2) is 8.11. The molecule has 0 radical (unpaired) electrons. The SMILES string of the molecule is Cc1cc(I)ccc1NC(=O)/C(C#N)=C/c1ccc(C(C)C)cc1. The lowest BCUT2D eigenvalue weighted by molar-refractivity contribution is -0.112. The van der Waals surface area contributed by atoms with E-state index in [2.05, 4.69) is 41.8 Å². The van der Waals surface area contributed by atoms with E-state index in [1.165, 1.54) is 5.56 Å². The minimum absolute atomic E-state index is 0.0882. The van der Waals surface area contributed by atoms with E-state index in [0.717, 1.165) is 20.4 Å². The Labute approximate surface area is 156 Å². The van der Waals surface area contributed by atoms with Crippen LogP contribution in [0, 0.1) is 21.8 Å². The molecule has 122 valence electrons. The molecule has 0 spiro atoms. The molecule has 0 aromatic heterocycles. The average Bonchev–Trinajstić information content (AvgIpc) is 2.55. The second-order valence-electron chi connectivity index (χ2n) is 5.90. The number of benzene rings is 2. The van der Waals surface area contributed by atoms with E-state index in [4.69, 9.17) is 0 Å². The largest absolute Gasteiger partial charge is 0.321 e. The molecule has 0 heterocycles. The molecule has 2 aromatic rings. The maximum atomic E-state index is 12.4. The molecule has 1 amide bonds. The molecule has 0 aliphatic rings. The number of amides is 1. The number of halogens is 1. The van der Waals surface area contributed by atoms with E-state index in [9.17, 15) is 10.1 Å². The summed E-state index contributed by atoms with van der Waals surface area (Å²) in [7, 11) is 0. The summed E-state index contributed by atoms with van der Waals surface area (Å²) in [5.41, 5.74) is 3.84. The number of anilines is 1. The molecule has 24 heavy (non-hydrogen) atoms. The van der Waals surface area contributed by atoms with Gasteiger partial charge in [0.15, 0.2) is 0 Å². The third-order valence-electron chi connectivity index (χ3n) is 3.72. The first-order valence-corrected chi connectivity index (χ1v) is 8.78. The summed E-state index contributed by atoms with van der Waals surface area (Å²) in [5.74, 6) is 0.0559. The fourth-order valence-electron chi connectivity index (χ4n) is 2.25. The standard InChI is InChI=1S/C20H19IN2O/c1-13(2)16-6-4-15(5-7-16)11-17(12-22)20(24)23-19-9-8-18(21)10-14(19)3/h4-11,13H,1-3H3,(H,23,24)/b17-11+. The average molecular weight is 430 g/mol. The van der Waals surface area contributed by atoms with Crippen molar-refractivity contribution in [2.75, 3.05) is 5.32 Å². The first-order chi connectivity index (χ1) is 11.4. The molecular weight excluding hydrogens is 411 g/mol. The van der Waals surface area contributed by atoms with Gasteiger partial charge in [0.1, 0.15) is 11.6 Å². The molecule has 0 atom stereocenters. The minimum atomic E-state index is -0.394. The van der Waals surface area contributed by atoms with Gasteiger partial charge in [0, 0.05) is 9.26 Å². The molecule has 0 fully saturated rings. The number of carbonyl (C=O) groups is 1. The highest BCUT2D eigenvalue weighted by Gasteiger charge is 2.11. The number of nitrogens with one attached hydrogen (secondary N) is 1. The van der Waals surface area contributed by atoms with Crippen molar-refractivity contribution in [2.45, 2.75) is 26.7 Å². The summed E-state index contributed by atoms with van der Waals surface area (Å²) < 4.78 is 1.10. The van der Waals surface area contributed by atoms with Crippen LogP contribution in [0.5, 0.6) is 0 Å². The van der Waals surface area contributed by atoms with Gasteiger partial charge in [-0.15, -0.1) is 0 Å². The van der Waals surface area contributed by atoms with Crippen LogP contribution < -0.4 is 5.32 Å². The smallest absolute Gasteiger partial charge is 0.266 e. The highest BCUT2D eigenvalue weighted by atomic mass is 127. The maximum absolute atomic E-state index is 12.4. The molecule has 2 aromatic carbocycles. The fraction of sp³-hybridized carbons (Fsp3) is 0.200. The van der Waals surface area contributed by atoms with Gasteiger partial charge in [0.05, 0.1) is 0 Å². The number of hydrogen-bond acceptors (Lipinski definition) is 2. The first kappa shape index (κ1) is 18.2. The number of hydrogen-bond donors (Lipinski definition) is 1. The van der Waals surface area contributed by atoms with Crippen LogP contribution in [0.3, 0.4) is 0 Å². The van der Waals surface area contributed by atoms with Crippen LogP contribution in [0.25, 0.3) is 6.08 Å². The molecule has 1 N–H and O–H groups in total. The topological polar surface area (TPSA) is 52.9 Å². The van der Waals surface area contributed by atoms with Crippen molar-refractivity contribution in [1.29, 1.82) is 5.26 Å². The van der Waals surface area contributed by atoms with Gasteiger partial charge in [-0.2, -0.15) is 5.26 Å². The van der Waals surface area contributed by atoms with Crippen LogP contribution in [0.4, 0.5) is 5.69 Å². The number of carbonyl (C=O) groups excluding carboxylic acids is 1. The molecule has 4 heteroatoms. The second-order valence-corrected chi connectivity index (χ2v) is 7.15. The Morgan fingerprint density at radius 1 is 1.21 bits per heavy atom. The summed E-state index contributed by atoms with van der Waals surface area (Å²) in [6.45, 7) is 6.18. The van der Waals surface area contributed by atoms with E-state index < -0.39 is 5.91 Å². The van der Waals surface area contributed by atoms with Crippen molar-refractivity contribution in [3.05, 3.63) is 68.3 Å². The third kappa shape index (κ3) is 4.68. The van der Waals surface area contributed by atoms with Crippen molar-refractivity contribution < 1.29 is 4.79 Å². The lowest BCUT2D eigenvalue weighted by Crippen LogP contribution is -2.14. The molecule has 0 aliphatic carbocycles. The first-order valence-electron chi connectivity index (χ1n) is 7.70. The van der Waals surface area contributed by atoms with Gasteiger partial charge < -0.3 is 5.32 Å². The Morgan fingerprint density at radius 2 is 1.88 bits per heavy atom. The van der Waals surface area contributed by atoms with Crippen LogP contribution in [-0.2, 0) is 4.79 Å². The van der Waals surface area contributed by atoms with Crippen molar-refractivity contribution in [1.82, 2.24) is 0 Å². The Balaban J connectivity index is 2.20. The fourth-order valence-corrected chi connectivity index (χ4v) is 2.90. The van der Waals surface area contributed by atoms with Crippen LogP contribution in [0.15, 0.2) is 48.0 Å². The Kier molecular flexibility index (Phi) is 6.16. The number of rotatable bonds is 4. The zero-order chi connectivity index (χ0) is 17.7. The number of aryl methyl sites for hydroxylation is 1. The van der Waals surface area contributed by atoms with E-state index >= 15 is 0 Å². The third-order valence-corrected chi connectivity index (χ3v) is 4.39. The predicted molar refractivity (Wildman–Crippen MR) is 107 cm³/mol. The van der Waals surface area contributed by atoms with E-state index in [-0.39, 0.29) is 5.57 Å². The normalized spacial score (nSPS) is 11.2. The molecule has 0 bridgehead atoms. The van der Waals surface area contributed by atoms with Crippen LogP contribution >= 0.6 is 22.6 Å². The van der Waals surface area contributed by atoms with Crippen LogP contribution in [0.2, 0.25) is 0 Å². The summed E-state index contributed by atoms with van der Waals surface area (Å²) in [4.78, 5) is 12.4. The van der Waals surface area contributed by atoms with Crippen molar-refractivity contribution in [3.63, 3.8) is 0 Å². The molecule has 2 rings (SSSR count). The van der Waals surface area contributed by atoms with E-state index in [0.29, 0.717) is 5.92 Å². The monoisotopic (exact) mass is 430 g/mol. The van der Waals surface area contributed by atoms with Crippen LogP contribution in [-0.4, -0.2) is 5.91 Å². The van der Waals surface area contributed by atoms with E-state index in [1.807, 2.05) is 55.5 Å². The molecule has 0 unspecified atom stereocenters. The lowest BCUT2D eigenvalue weighted by Gasteiger charge is -2.08. The Bertz CT molecular complexity index is 815. The summed E-state index contributed by atoms with van der Waals surface area (Å²) in [6, 6.07) is 15.6. The van der Waals surface area contributed by atoms with Gasteiger partial charge in [-0.05, 0) is 76.4 Å². The Morgan fingerprint density at radius 3 is 2.42 bits per heavy atom. The van der Waals surface area contributed by atoms with Crippen LogP contribution in [0.1, 0.15) is 36.5 Å². The molecule has 0 aliphatic heterocycles. The predicted octanol–water partition coefficient (Wildman–Crippen LogP) is 5.27. The van der Waals surface area contributed by atoms with Gasteiger partial charge in [-0.3, -0.25) is 4.79 Å². The number of nitrogens with zero attached hydrogens (tertiary/aromatic N) is 1. The highest BCUT2D eigenvalue weighted by Crippen LogP contribution is 2.19. The maximum Gasteiger partial charge on any atom is 0.266 e. The highest BCUT2D eigenvalue weighted by molar-refractivity contribution is 14.1. The molecule has 0 saturated carbocycles. The number of nitriles is 1. The molecular formula is C20H19IN2O. The van der Waals surface area contributed by atoms with Gasteiger partial charge in [0.2, 0.25) is 0 Å². The van der Waals surface area contributed by atoms with Gasteiger partial charge in [-0.25, -0.2) is 0 Å². The van der Waals surface area contributed by atoms with Gasteiger partial charge in [0.25, 0.3) is 5.91 Å². The zero-order valence-corrected chi connectivity index (χ0v) is 16.1. The molecule has 0 saturated heterocycles. The van der Waals surface area contributed by atoms with Gasteiger partial charge in [-0.1, -0.05) is 38.1 Å². The summed E-state index contributed by atoms with van der Waals surface area (Å²) >= 11 is 2.22. The zero-order valence-electron chi connectivity index (χ0n) is 13.9. The van der Waals surface area contributed by atoms with Crippen molar-refractivity contribution >= 4 is 40.3 Å². The van der Waals surface area contributed by atoms with Crippen molar-refractivity contribution in [3.8, 4) is 6.07 Å². The quantitative estimate of drug-likeness (QED) is 0.408. The minimum Gasteiger partial charge on any atom is -0.321 e. The van der Waals surface area contributed by atoms with E-state index in [1.54, 1.807) is 6.08 Å². The molecule has 3 nitrogen and oxygen atoms in total. The van der Waals surface area contributed by atoms with Gasteiger partial charge >= 0.3 is 0 Å². The summed E-state index contributed by atoms with van der Waals surface area (Å²) in [6.07, 6.45) is 1.61.